The molecule has 0 aliphatic carbocycles. The highest BCUT2D eigenvalue weighted by molar-refractivity contribution is 7.89. The Morgan fingerprint density at radius 3 is 1.84 bits per heavy atom. The lowest BCUT2D eigenvalue weighted by molar-refractivity contribution is 0.555. The summed E-state index contributed by atoms with van der Waals surface area (Å²) < 4.78 is 25.4. The van der Waals surface area contributed by atoms with E-state index in [4.69, 9.17) is 0 Å². The topological polar surface area (TPSA) is 46.2 Å². The van der Waals surface area contributed by atoms with Gasteiger partial charge in [-0.15, -0.1) is 6.58 Å². The van der Waals surface area contributed by atoms with Gasteiger partial charge in [-0.1, -0.05) is 70.8 Å². The summed E-state index contributed by atoms with van der Waals surface area (Å²) in [6.45, 7) is 6.06. The number of hydrogen-bond donors (Lipinski definition) is 1. The van der Waals surface area contributed by atoms with Crippen molar-refractivity contribution in [3.05, 3.63) is 12.7 Å². The molecule has 114 valence electrons. The van der Waals surface area contributed by atoms with Gasteiger partial charge >= 0.3 is 0 Å². The van der Waals surface area contributed by atoms with Crippen LogP contribution in [0.4, 0.5) is 0 Å². The summed E-state index contributed by atoms with van der Waals surface area (Å²) in [4.78, 5) is 0. The van der Waals surface area contributed by atoms with Crippen LogP contribution < -0.4 is 4.72 Å². The van der Waals surface area contributed by atoms with E-state index in [1.807, 2.05) is 0 Å². The monoisotopic (exact) mass is 289 g/mol. The molecule has 0 saturated heterocycles. The minimum Gasteiger partial charge on any atom is -0.212 e. The summed E-state index contributed by atoms with van der Waals surface area (Å²) in [6.07, 6.45) is 13.8. The summed E-state index contributed by atoms with van der Waals surface area (Å²) in [5.74, 6) is 0.247. The molecular weight excluding hydrogens is 258 g/mol. The molecule has 0 unspecified atom stereocenters. The Morgan fingerprint density at radius 1 is 0.895 bits per heavy atom. The average molecular weight is 289 g/mol. The van der Waals surface area contributed by atoms with Gasteiger partial charge in [-0.3, -0.25) is 0 Å². The first-order chi connectivity index (χ1) is 9.12. The molecule has 3 nitrogen and oxygen atoms in total. The Balaban J connectivity index is 3.28. The molecule has 0 aromatic carbocycles. The van der Waals surface area contributed by atoms with Crippen molar-refractivity contribution < 1.29 is 8.42 Å². The summed E-state index contributed by atoms with van der Waals surface area (Å²) in [5.41, 5.74) is 0. The smallest absolute Gasteiger partial charge is 0.211 e. The third-order valence-electron chi connectivity index (χ3n) is 3.21. The predicted octanol–water partition coefficient (Wildman–Crippen LogP) is 4.01. The van der Waals surface area contributed by atoms with Crippen LogP contribution in [0.5, 0.6) is 0 Å². The fourth-order valence-electron chi connectivity index (χ4n) is 2.04. The molecule has 0 fully saturated rings. The van der Waals surface area contributed by atoms with E-state index in [0.717, 1.165) is 19.3 Å². The molecular formula is C15H31NO2S. The number of rotatable bonds is 14. The lowest BCUT2D eigenvalue weighted by Crippen LogP contribution is -2.26. The maximum Gasteiger partial charge on any atom is 0.211 e. The van der Waals surface area contributed by atoms with Gasteiger partial charge in [0.25, 0.3) is 0 Å². The summed E-state index contributed by atoms with van der Waals surface area (Å²) in [5, 5.41) is 0. The zero-order valence-electron chi connectivity index (χ0n) is 12.5. The summed E-state index contributed by atoms with van der Waals surface area (Å²) in [7, 11) is -3.07. The first-order valence-corrected chi connectivity index (χ1v) is 9.36. The Kier molecular flexibility index (Phi) is 12.4. The molecule has 0 spiro atoms. The molecule has 19 heavy (non-hydrogen) atoms. The van der Waals surface area contributed by atoms with Gasteiger partial charge in [0.2, 0.25) is 10.0 Å². The second-order valence-electron chi connectivity index (χ2n) is 5.14. The maximum absolute atomic E-state index is 11.5. The van der Waals surface area contributed by atoms with Crippen molar-refractivity contribution in [3.63, 3.8) is 0 Å². The van der Waals surface area contributed by atoms with Crippen molar-refractivity contribution >= 4 is 10.0 Å². The van der Waals surface area contributed by atoms with Gasteiger partial charge in [0, 0.05) is 6.54 Å². The highest BCUT2D eigenvalue weighted by Crippen LogP contribution is 2.10. The third-order valence-corrected chi connectivity index (χ3v) is 4.65. The first kappa shape index (κ1) is 18.7. The Morgan fingerprint density at radius 2 is 1.37 bits per heavy atom. The SMILES string of the molecule is C=CCNS(=O)(=O)CCCCCCCCCCCC. The standard InChI is InChI=1S/C15H31NO2S/c1-3-5-6-7-8-9-10-11-12-13-15-19(17,18)16-14-4-2/h4,16H,2-3,5-15H2,1H3. The lowest BCUT2D eigenvalue weighted by atomic mass is 10.1. The van der Waals surface area contributed by atoms with Crippen LogP contribution in [0.1, 0.15) is 71.1 Å². The third kappa shape index (κ3) is 13.9. The van der Waals surface area contributed by atoms with Crippen LogP contribution in [-0.4, -0.2) is 20.7 Å². The highest BCUT2D eigenvalue weighted by Gasteiger charge is 2.07. The number of unbranched alkanes of at least 4 members (excludes halogenated alkanes) is 9. The molecule has 0 aromatic heterocycles. The molecule has 0 heterocycles. The van der Waals surface area contributed by atoms with Crippen LogP contribution >= 0.6 is 0 Å². The van der Waals surface area contributed by atoms with E-state index in [9.17, 15) is 8.42 Å². The molecule has 0 aliphatic heterocycles. The average Bonchev–Trinajstić information content (AvgIpc) is 2.38. The predicted molar refractivity (Wildman–Crippen MR) is 83.8 cm³/mol. The van der Waals surface area contributed by atoms with E-state index in [-0.39, 0.29) is 5.75 Å². The van der Waals surface area contributed by atoms with Gasteiger partial charge < -0.3 is 0 Å². The van der Waals surface area contributed by atoms with Gasteiger partial charge in [0.1, 0.15) is 0 Å². The van der Waals surface area contributed by atoms with Crippen molar-refractivity contribution in [2.75, 3.05) is 12.3 Å². The zero-order chi connectivity index (χ0) is 14.4. The molecule has 0 radical (unpaired) electrons. The van der Waals surface area contributed by atoms with Crippen molar-refractivity contribution in [3.8, 4) is 0 Å². The molecule has 0 aliphatic rings. The van der Waals surface area contributed by atoms with Crippen molar-refractivity contribution in [1.82, 2.24) is 4.72 Å². The molecule has 4 heteroatoms. The second kappa shape index (κ2) is 12.7. The summed E-state index contributed by atoms with van der Waals surface area (Å²) >= 11 is 0. The minimum absolute atomic E-state index is 0.247. The molecule has 0 aromatic rings. The van der Waals surface area contributed by atoms with E-state index in [1.54, 1.807) is 6.08 Å². The van der Waals surface area contributed by atoms with Gasteiger partial charge in [-0.05, 0) is 6.42 Å². The maximum atomic E-state index is 11.5. The van der Waals surface area contributed by atoms with Crippen LogP contribution in [0.2, 0.25) is 0 Å². The van der Waals surface area contributed by atoms with Crippen molar-refractivity contribution in [1.29, 1.82) is 0 Å². The quantitative estimate of drug-likeness (QED) is 0.388. The van der Waals surface area contributed by atoms with E-state index >= 15 is 0 Å². The van der Waals surface area contributed by atoms with Crippen molar-refractivity contribution in [2.45, 2.75) is 71.1 Å². The van der Waals surface area contributed by atoms with E-state index in [2.05, 4.69) is 18.2 Å². The van der Waals surface area contributed by atoms with Crippen LogP contribution in [0.15, 0.2) is 12.7 Å². The summed E-state index contributed by atoms with van der Waals surface area (Å²) in [6, 6.07) is 0. The van der Waals surface area contributed by atoms with Gasteiger partial charge in [0.15, 0.2) is 0 Å². The molecule has 0 saturated carbocycles. The van der Waals surface area contributed by atoms with E-state index in [1.165, 1.54) is 44.9 Å². The molecule has 0 amide bonds. The number of sulfonamides is 1. The van der Waals surface area contributed by atoms with Crippen LogP contribution in [-0.2, 0) is 10.0 Å². The Bertz CT molecular complexity index is 299. The molecule has 1 N–H and O–H groups in total. The van der Waals surface area contributed by atoms with Gasteiger partial charge in [-0.2, -0.15) is 0 Å². The normalized spacial score (nSPS) is 11.6. The van der Waals surface area contributed by atoms with Crippen LogP contribution in [0, 0.1) is 0 Å². The fourth-order valence-corrected chi connectivity index (χ4v) is 3.14. The molecule has 0 atom stereocenters. The first-order valence-electron chi connectivity index (χ1n) is 7.70. The second-order valence-corrected chi connectivity index (χ2v) is 7.06. The van der Waals surface area contributed by atoms with E-state index < -0.39 is 10.0 Å². The van der Waals surface area contributed by atoms with Crippen LogP contribution in [0.25, 0.3) is 0 Å². The van der Waals surface area contributed by atoms with Crippen LogP contribution in [0.3, 0.4) is 0 Å². The fraction of sp³-hybridized carbons (Fsp3) is 0.867. The van der Waals surface area contributed by atoms with Gasteiger partial charge in [-0.25, -0.2) is 13.1 Å². The minimum atomic E-state index is -3.07. The van der Waals surface area contributed by atoms with Crippen molar-refractivity contribution in [2.24, 2.45) is 0 Å². The zero-order valence-corrected chi connectivity index (χ0v) is 13.3. The number of hydrogen-bond acceptors (Lipinski definition) is 2. The van der Waals surface area contributed by atoms with Gasteiger partial charge in [0.05, 0.1) is 5.75 Å². The number of nitrogens with one attached hydrogen (secondary N) is 1. The Hall–Kier alpha value is -0.350. The molecule has 0 rings (SSSR count). The largest absolute Gasteiger partial charge is 0.212 e. The lowest BCUT2D eigenvalue weighted by Gasteiger charge is -2.04. The van der Waals surface area contributed by atoms with E-state index in [0.29, 0.717) is 6.54 Å². The Labute approximate surface area is 119 Å². The highest BCUT2D eigenvalue weighted by atomic mass is 32.2. The molecule has 0 bridgehead atoms.